The molecule has 0 spiro atoms. The summed E-state index contributed by atoms with van der Waals surface area (Å²) in [6.45, 7) is 0.998. The van der Waals surface area contributed by atoms with Crippen molar-refractivity contribution in [1.29, 1.82) is 0 Å². The quantitative estimate of drug-likeness (QED) is 0.349. The number of aliphatic imine (C=N–C) groups is 1. The van der Waals surface area contributed by atoms with Crippen LogP contribution in [0, 0.1) is 0 Å². The van der Waals surface area contributed by atoms with Crippen LogP contribution < -0.4 is 21.1 Å². The summed E-state index contributed by atoms with van der Waals surface area (Å²) in [6.07, 6.45) is 0.672. The predicted octanol–water partition coefficient (Wildman–Crippen LogP) is 3.66. The molecule has 4 N–H and O–H groups in total. The highest BCUT2D eigenvalue weighted by Gasteiger charge is 2.05. The molecule has 0 aliphatic rings. The number of rotatable bonds is 7. The van der Waals surface area contributed by atoms with Gasteiger partial charge in [-0.15, -0.1) is 0 Å². The first-order valence-corrected chi connectivity index (χ1v) is 9.11. The molecular weight excluding hydrogens is 420 g/mol. The monoisotopic (exact) mass is 438 g/mol. The van der Waals surface area contributed by atoms with Crippen LogP contribution >= 0.6 is 27.5 Å². The van der Waals surface area contributed by atoms with Gasteiger partial charge in [0.2, 0.25) is 0 Å². The molecule has 0 aliphatic carbocycles. The van der Waals surface area contributed by atoms with E-state index in [1.165, 1.54) is 0 Å². The Kier molecular flexibility index (Phi) is 7.74. The van der Waals surface area contributed by atoms with Crippen molar-refractivity contribution in [2.75, 3.05) is 25.5 Å². The second-order valence-corrected chi connectivity index (χ2v) is 6.68. The van der Waals surface area contributed by atoms with Crippen molar-refractivity contribution in [2.24, 2.45) is 10.7 Å². The zero-order valence-electron chi connectivity index (χ0n) is 14.3. The fourth-order valence-corrected chi connectivity index (χ4v) is 2.80. The third-order valence-electron chi connectivity index (χ3n) is 3.41. The molecule has 2 aromatic rings. The van der Waals surface area contributed by atoms with Gasteiger partial charge in [-0.1, -0.05) is 33.6 Å². The molecule has 1 amide bonds. The van der Waals surface area contributed by atoms with Gasteiger partial charge in [0.15, 0.2) is 5.96 Å². The molecule has 0 radical (unpaired) electrons. The molecule has 138 valence electrons. The van der Waals surface area contributed by atoms with Crippen molar-refractivity contribution in [1.82, 2.24) is 5.32 Å². The van der Waals surface area contributed by atoms with E-state index in [1.54, 1.807) is 37.4 Å². The largest absolute Gasteiger partial charge is 0.495 e. The number of benzene rings is 2. The molecule has 0 aliphatic heterocycles. The van der Waals surface area contributed by atoms with E-state index in [2.05, 4.69) is 31.6 Å². The highest BCUT2D eigenvalue weighted by atomic mass is 79.9. The average Bonchev–Trinajstić information content (AvgIpc) is 2.61. The number of anilines is 1. The minimum Gasteiger partial charge on any atom is -0.495 e. The van der Waals surface area contributed by atoms with Gasteiger partial charge >= 0.3 is 0 Å². The van der Waals surface area contributed by atoms with Crippen LogP contribution in [-0.4, -0.2) is 32.1 Å². The summed E-state index contributed by atoms with van der Waals surface area (Å²) in [5.41, 5.74) is 7.18. The number of nitrogens with one attached hydrogen (secondary N) is 2. The van der Waals surface area contributed by atoms with Crippen LogP contribution in [0.1, 0.15) is 16.8 Å². The van der Waals surface area contributed by atoms with Crippen molar-refractivity contribution < 1.29 is 9.53 Å². The highest BCUT2D eigenvalue weighted by Crippen LogP contribution is 2.26. The Bertz CT molecular complexity index is 799. The third kappa shape index (κ3) is 6.24. The lowest BCUT2D eigenvalue weighted by Gasteiger charge is -2.08. The Labute approximate surface area is 165 Å². The van der Waals surface area contributed by atoms with Crippen LogP contribution in [0.2, 0.25) is 5.02 Å². The molecule has 2 aromatic carbocycles. The molecule has 8 heteroatoms. The van der Waals surface area contributed by atoms with Crippen LogP contribution in [0.5, 0.6) is 5.75 Å². The number of guanidine groups is 1. The van der Waals surface area contributed by atoms with E-state index in [0.717, 1.165) is 10.2 Å². The lowest BCUT2D eigenvalue weighted by atomic mass is 10.2. The predicted molar refractivity (Wildman–Crippen MR) is 109 cm³/mol. The topological polar surface area (TPSA) is 88.7 Å². The van der Waals surface area contributed by atoms with Gasteiger partial charge in [-0.3, -0.25) is 9.79 Å². The van der Waals surface area contributed by atoms with Crippen LogP contribution in [0.4, 0.5) is 5.69 Å². The smallest absolute Gasteiger partial charge is 0.251 e. The Hall–Kier alpha value is -2.25. The van der Waals surface area contributed by atoms with Crippen LogP contribution in [0.15, 0.2) is 51.9 Å². The molecule has 0 fully saturated rings. The summed E-state index contributed by atoms with van der Waals surface area (Å²) >= 11 is 9.40. The molecule has 26 heavy (non-hydrogen) atoms. The molecule has 0 aromatic heterocycles. The van der Waals surface area contributed by atoms with E-state index in [1.807, 2.05) is 12.1 Å². The van der Waals surface area contributed by atoms with Crippen molar-refractivity contribution >= 4 is 45.1 Å². The van der Waals surface area contributed by atoms with E-state index >= 15 is 0 Å². The fraction of sp³-hybridized carbons (Fsp3) is 0.222. The first-order chi connectivity index (χ1) is 12.5. The van der Waals surface area contributed by atoms with E-state index < -0.39 is 0 Å². The second-order valence-electron chi connectivity index (χ2n) is 5.36. The minimum absolute atomic E-state index is 0.116. The molecule has 0 bridgehead atoms. The summed E-state index contributed by atoms with van der Waals surface area (Å²) in [7, 11) is 1.56. The number of halogens is 2. The number of nitrogens with zero attached hydrogens (tertiary/aromatic N) is 1. The van der Waals surface area contributed by atoms with Crippen LogP contribution in [0.25, 0.3) is 0 Å². The van der Waals surface area contributed by atoms with Crippen molar-refractivity contribution in [3.63, 3.8) is 0 Å². The van der Waals surface area contributed by atoms with Crippen LogP contribution in [0.3, 0.4) is 0 Å². The summed E-state index contributed by atoms with van der Waals surface area (Å²) in [4.78, 5) is 16.2. The summed E-state index contributed by atoms with van der Waals surface area (Å²) < 4.78 is 5.96. The molecule has 6 nitrogen and oxygen atoms in total. The van der Waals surface area contributed by atoms with Gasteiger partial charge in [-0.05, 0) is 42.8 Å². The van der Waals surface area contributed by atoms with Crippen molar-refractivity contribution in [2.45, 2.75) is 6.42 Å². The number of carbonyl (C=O) groups excluding carboxylic acids is 1. The van der Waals surface area contributed by atoms with E-state index in [9.17, 15) is 4.79 Å². The Balaban J connectivity index is 1.74. The van der Waals surface area contributed by atoms with Gasteiger partial charge in [-0.2, -0.15) is 0 Å². The number of hydrogen-bond acceptors (Lipinski definition) is 3. The number of hydrogen-bond donors (Lipinski definition) is 3. The molecule has 0 saturated heterocycles. The molecule has 0 atom stereocenters. The summed E-state index contributed by atoms with van der Waals surface area (Å²) in [5.74, 6) is 0.757. The number of amides is 1. The first-order valence-electron chi connectivity index (χ1n) is 7.94. The number of ether oxygens (including phenoxy) is 1. The third-order valence-corrected chi connectivity index (χ3v) is 4.20. The van der Waals surface area contributed by atoms with Gasteiger partial charge in [-0.25, -0.2) is 0 Å². The van der Waals surface area contributed by atoms with E-state index in [4.69, 9.17) is 22.1 Å². The van der Waals surface area contributed by atoms with E-state index in [-0.39, 0.29) is 11.9 Å². The maximum absolute atomic E-state index is 12.0. The van der Waals surface area contributed by atoms with Crippen molar-refractivity contribution in [3.05, 3.63) is 57.5 Å². The average molecular weight is 440 g/mol. The normalized spacial score (nSPS) is 11.1. The van der Waals surface area contributed by atoms with Gasteiger partial charge in [0.25, 0.3) is 5.91 Å². The lowest BCUT2D eigenvalue weighted by molar-refractivity contribution is 0.0953. The zero-order valence-corrected chi connectivity index (χ0v) is 16.6. The SMILES string of the molecule is COc1ccc(NC(N)=NCCCNC(=O)c2cccc(Br)c2)cc1Cl. The lowest BCUT2D eigenvalue weighted by Crippen LogP contribution is -2.26. The maximum Gasteiger partial charge on any atom is 0.251 e. The van der Waals surface area contributed by atoms with E-state index in [0.29, 0.717) is 35.8 Å². The molecule has 0 saturated carbocycles. The number of carbonyl (C=O) groups is 1. The molecular formula is C18H20BrClN4O2. The highest BCUT2D eigenvalue weighted by molar-refractivity contribution is 9.10. The molecule has 0 heterocycles. The van der Waals surface area contributed by atoms with Crippen molar-refractivity contribution in [3.8, 4) is 5.75 Å². The molecule has 2 rings (SSSR count). The standard InChI is InChI=1S/C18H20BrClN4O2/c1-26-16-7-6-14(11-15(16)20)24-18(21)23-9-3-8-22-17(25)12-4-2-5-13(19)10-12/h2,4-7,10-11H,3,8-9H2,1H3,(H,22,25)(H3,21,23,24). The Morgan fingerprint density at radius 1 is 1.31 bits per heavy atom. The Morgan fingerprint density at radius 2 is 2.12 bits per heavy atom. The number of methoxy groups -OCH3 is 1. The summed E-state index contributed by atoms with van der Waals surface area (Å²) in [6, 6.07) is 12.5. The zero-order chi connectivity index (χ0) is 18.9. The number of nitrogens with two attached hydrogens (primary N) is 1. The van der Waals surface area contributed by atoms with Gasteiger partial charge in [0.05, 0.1) is 12.1 Å². The summed E-state index contributed by atoms with van der Waals surface area (Å²) in [5, 5.41) is 6.30. The second kappa shape index (κ2) is 10.0. The maximum atomic E-state index is 12.0. The van der Waals surface area contributed by atoms with Gasteiger partial charge in [0, 0.05) is 28.8 Å². The fourth-order valence-electron chi connectivity index (χ4n) is 2.14. The Morgan fingerprint density at radius 3 is 2.81 bits per heavy atom. The first kappa shape index (κ1) is 20.1. The van der Waals surface area contributed by atoms with Crippen LogP contribution in [-0.2, 0) is 0 Å². The molecule has 0 unspecified atom stereocenters. The van der Waals surface area contributed by atoms with Gasteiger partial charge in [0.1, 0.15) is 5.75 Å². The minimum atomic E-state index is -0.116. The van der Waals surface area contributed by atoms with Gasteiger partial charge < -0.3 is 21.1 Å².